The Morgan fingerprint density at radius 3 is 2.75 bits per heavy atom. The summed E-state index contributed by atoms with van der Waals surface area (Å²) in [7, 11) is 0. The highest BCUT2D eigenvalue weighted by atomic mass is 15.3. The molecule has 1 saturated carbocycles. The number of nitrogens with one attached hydrogen (secondary N) is 1. The van der Waals surface area contributed by atoms with E-state index in [2.05, 4.69) is 48.9 Å². The van der Waals surface area contributed by atoms with Crippen LogP contribution in [0.4, 0.5) is 0 Å². The third kappa shape index (κ3) is 3.63. The largest absolute Gasteiger partial charge is 0.314 e. The van der Waals surface area contributed by atoms with Crippen molar-refractivity contribution in [2.75, 3.05) is 6.54 Å². The van der Waals surface area contributed by atoms with E-state index in [1.807, 2.05) is 0 Å². The molecule has 0 spiro atoms. The monoisotopic (exact) mass is 277 g/mol. The van der Waals surface area contributed by atoms with Gasteiger partial charge in [-0.3, -0.25) is 4.68 Å². The van der Waals surface area contributed by atoms with Crippen molar-refractivity contribution in [1.82, 2.24) is 15.1 Å². The van der Waals surface area contributed by atoms with Gasteiger partial charge in [-0.25, -0.2) is 0 Å². The molecule has 0 bridgehead atoms. The second-order valence-electron chi connectivity index (χ2n) is 6.31. The second kappa shape index (κ2) is 7.26. The van der Waals surface area contributed by atoms with Crippen molar-refractivity contribution in [2.45, 2.75) is 72.4 Å². The lowest BCUT2D eigenvalue weighted by atomic mass is 9.92. The van der Waals surface area contributed by atoms with Gasteiger partial charge in [-0.05, 0) is 51.1 Å². The summed E-state index contributed by atoms with van der Waals surface area (Å²) < 4.78 is 2.17. The fraction of sp³-hybridized carbons (Fsp3) is 0.824. The topological polar surface area (TPSA) is 29.9 Å². The van der Waals surface area contributed by atoms with Gasteiger partial charge in [-0.15, -0.1) is 0 Å². The van der Waals surface area contributed by atoms with Crippen LogP contribution in [0, 0.1) is 18.8 Å². The molecule has 0 aliphatic heterocycles. The van der Waals surface area contributed by atoms with Crippen LogP contribution >= 0.6 is 0 Å². The molecule has 1 N–H and O–H groups in total. The van der Waals surface area contributed by atoms with E-state index in [9.17, 15) is 0 Å². The minimum atomic E-state index is 0.623. The fourth-order valence-corrected chi connectivity index (χ4v) is 3.78. The van der Waals surface area contributed by atoms with Crippen LogP contribution < -0.4 is 5.32 Å². The molecule has 1 fully saturated rings. The molecule has 1 aliphatic rings. The van der Waals surface area contributed by atoms with Crippen LogP contribution in [0.1, 0.15) is 57.8 Å². The van der Waals surface area contributed by atoms with Gasteiger partial charge in [0.25, 0.3) is 0 Å². The number of hydrogen-bond acceptors (Lipinski definition) is 2. The van der Waals surface area contributed by atoms with Crippen LogP contribution in [-0.2, 0) is 13.0 Å². The van der Waals surface area contributed by atoms with E-state index in [4.69, 9.17) is 0 Å². The number of aryl methyl sites for hydroxylation is 2. The summed E-state index contributed by atoms with van der Waals surface area (Å²) in [6.45, 7) is 10.9. The van der Waals surface area contributed by atoms with Crippen molar-refractivity contribution in [1.29, 1.82) is 0 Å². The first kappa shape index (κ1) is 15.6. The van der Waals surface area contributed by atoms with Gasteiger partial charge in [0, 0.05) is 24.7 Å². The van der Waals surface area contributed by atoms with Crippen molar-refractivity contribution < 1.29 is 0 Å². The molecule has 3 nitrogen and oxygen atoms in total. The summed E-state index contributed by atoms with van der Waals surface area (Å²) in [5.74, 6) is 1.80. The van der Waals surface area contributed by atoms with Gasteiger partial charge in [0.05, 0.1) is 5.69 Å². The van der Waals surface area contributed by atoms with Crippen molar-refractivity contribution >= 4 is 0 Å². The molecule has 1 aliphatic carbocycles. The molecule has 0 amide bonds. The van der Waals surface area contributed by atoms with E-state index in [0.29, 0.717) is 6.04 Å². The molecule has 1 aromatic heterocycles. The molecule has 1 heterocycles. The van der Waals surface area contributed by atoms with Crippen LogP contribution in [0.2, 0.25) is 0 Å². The van der Waals surface area contributed by atoms with Gasteiger partial charge in [-0.2, -0.15) is 5.10 Å². The molecule has 3 unspecified atom stereocenters. The molecule has 114 valence electrons. The lowest BCUT2D eigenvalue weighted by molar-refractivity contribution is 0.342. The maximum absolute atomic E-state index is 4.59. The van der Waals surface area contributed by atoms with Crippen LogP contribution in [-0.4, -0.2) is 22.4 Å². The highest BCUT2D eigenvalue weighted by molar-refractivity contribution is 5.11. The van der Waals surface area contributed by atoms with Gasteiger partial charge in [-0.1, -0.05) is 26.7 Å². The Balaban J connectivity index is 2.05. The minimum absolute atomic E-state index is 0.623. The van der Waals surface area contributed by atoms with E-state index < -0.39 is 0 Å². The maximum atomic E-state index is 4.59. The first-order valence-electron chi connectivity index (χ1n) is 8.44. The quantitative estimate of drug-likeness (QED) is 0.826. The zero-order valence-electron chi connectivity index (χ0n) is 13.7. The van der Waals surface area contributed by atoms with Crippen molar-refractivity contribution in [3.8, 4) is 0 Å². The van der Waals surface area contributed by atoms with Gasteiger partial charge >= 0.3 is 0 Å². The molecular formula is C17H31N3. The van der Waals surface area contributed by atoms with Crippen molar-refractivity contribution in [3.63, 3.8) is 0 Å². The Morgan fingerprint density at radius 1 is 1.35 bits per heavy atom. The molecule has 20 heavy (non-hydrogen) atoms. The van der Waals surface area contributed by atoms with Gasteiger partial charge in [0.15, 0.2) is 0 Å². The summed E-state index contributed by atoms with van der Waals surface area (Å²) >= 11 is 0. The Morgan fingerprint density at radius 2 is 2.15 bits per heavy atom. The van der Waals surface area contributed by atoms with E-state index in [1.165, 1.54) is 31.4 Å². The average Bonchev–Trinajstić information content (AvgIpc) is 3.04. The highest BCUT2D eigenvalue weighted by Crippen LogP contribution is 2.35. The molecular weight excluding hydrogens is 246 g/mol. The van der Waals surface area contributed by atoms with Crippen molar-refractivity contribution in [2.24, 2.45) is 11.8 Å². The SMILES string of the molecule is CCNC(Cc1cc(C)nn1CC)C1CCC(CC)C1. The number of hydrogen-bond donors (Lipinski definition) is 1. The van der Waals surface area contributed by atoms with E-state index >= 15 is 0 Å². The Kier molecular flexibility index (Phi) is 5.64. The summed E-state index contributed by atoms with van der Waals surface area (Å²) in [6.07, 6.45) is 6.71. The smallest absolute Gasteiger partial charge is 0.0596 e. The third-order valence-electron chi connectivity index (χ3n) is 4.91. The van der Waals surface area contributed by atoms with Crippen LogP contribution in [0.5, 0.6) is 0 Å². The minimum Gasteiger partial charge on any atom is -0.314 e. The van der Waals surface area contributed by atoms with Crippen LogP contribution in [0.15, 0.2) is 6.07 Å². The predicted molar refractivity (Wildman–Crippen MR) is 84.9 cm³/mol. The Bertz CT molecular complexity index is 410. The Labute approximate surface area is 124 Å². The summed E-state index contributed by atoms with van der Waals surface area (Å²) in [5, 5.41) is 8.33. The normalized spacial score (nSPS) is 24.2. The van der Waals surface area contributed by atoms with Gasteiger partial charge in [0.2, 0.25) is 0 Å². The summed E-state index contributed by atoms with van der Waals surface area (Å²) in [6, 6.07) is 2.89. The zero-order chi connectivity index (χ0) is 14.5. The zero-order valence-corrected chi connectivity index (χ0v) is 13.7. The highest BCUT2D eigenvalue weighted by Gasteiger charge is 2.30. The number of aromatic nitrogens is 2. The van der Waals surface area contributed by atoms with Crippen LogP contribution in [0.3, 0.4) is 0 Å². The van der Waals surface area contributed by atoms with E-state index in [0.717, 1.165) is 37.0 Å². The number of nitrogens with zero attached hydrogens (tertiary/aromatic N) is 2. The lowest BCUT2D eigenvalue weighted by Crippen LogP contribution is -2.37. The van der Waals surface area contributed by atoms with E-state index in [-0.39, 0.29) is 0 Å². The molecule has 0 saturated heterocycles. The van der Waals surface area contributed by atoms with Crippen molar-refractivity contribution in [3.05, 3.63) is 17.5 Å². The standard InChI is InChI=1S/C17H31N3/c1-5-14-8-9-15(11-14)17(18-6-2)12-16-10-13(4)19-20(16)7-3/h10,14-15,17-18H,5-9,11-12H2,1-4H3. The summed E-state index contributed by atoms with van der Waals surface area (Å²) in [4.78, 5) is 0. The molecule has 2 rings (SSSR count). The lowest BCUT2D eigenvalue weighted by Gasteiger charge is -2.25. The van der Waals surface area contributed by atoms with Crippen LogP contribution in [0.25, 0.3) is 0 Å². The van der Waals surface area contributed by atoms with E-state index in [1.54, 1.807) is 0 Å². The fourth-order valence-electron chi connectivity index (χ4n) is 3.78. The Hall–Kier alpha value is -0.830. The second-order valence-corrected chi connectivity index (χ2v) is 6.31. The molecule has 3 heteroatoms. The average molecular weight is 277 g/mol. The molecule has 0 radical (unpaired) electrons. The third-order valence-corrected chi connectivity index (χ3v) is 4.91. The number of rotatable bonds is 7. The number of likely N-dealkylation sites (N-methyl/N-ethyl adjacent to an activating group) is 1. The first-order valence-corrected chi connectivity index (χ1v) is 8.44. The molecule has 0 aromatic carbocycles. The van der Waals surface area contributed by atoms with Gasteiger partial charge < -0.3 is 5.32 Å². The maximum Gasteiger partial charge on any atom is 0.0596 e. The van der Waals surface area contributed by atoms with Gasteiger partial charge in [0.1, 0.15) is 0 Å². The summed E-state index contributed by atoms with van der Waals surface area (Å²) in [5.41, 5.74) is 2.55. The first-order chi connectivity index (χ1) is 9.67. The predicted octanol–water partition coefficient (Wildman–Crippen LogP) is 3.56. The molecule has 1 aromatic rings. The molecule has 3 atom stereocenters.